The third-order valence-electron chi connectivity index (χ3n) is 2.98. The number of nitrogens with zero attached hydrogens (tertiary/aromatic N) is 1. The summed E-state index contributed by atoms with van der Waals surface area (Å²) in [5.41, 5.74) is 1.60. The van der Waals surface area contributed by atoms with Crippen molar-refractivity contribution in [2.75, 3.05) is 0 Å². The molecule has 3 rings (SSSR count). The predicted octanol–water partition coefficient (Wildman–Crippen LogP) is 3.36. The molecule has 0 atom stereocenters. The molecule has 3 aromatic rings. The number of hydrogen-bond donors (Lipinski definition) is 1. The fraction of sp³-hybridized carbons (Fsp3) is 0.0667. The topological polar surface area (TPSA) is 58.9 Å². The molecule has 0 aliphatic carbocycles. The largest absolute Gasteiger partial charge is 0.452 e. The fourth-order valence-corrected chi connectivity index (χ4v) is 2.01. The number of H-pyrrole nitrogens is 1. The second-order valence-electron chi connectivity index (χ2n) is 4.22. The second kappa shape index (κ2) is 4.57. The van der Waals surface area contributed by atoms with Gasteiger partial charge >= 0.3 is 0 Å². The molecule has 19 heavy (non-hydrogen) atoms. The molecule has 1 aromatic carbocycles. The van der Waals surface area contributed by atoms with Gasteiger partial charge in [0, 0.05) is 23.3 Å². The van der Waals surface area contributed by atoms with Crippen molar-refractivity contribution in [1.82, 2.24) is 9.97 Å². The Balaban J connectivity index is 1.96. The highest BCUT2D eigenvalue weighted by atomic mass is 16.3. The summed E-state index contributed by atoms with van der Waals surface area (Å²) in [7, 11) is 0. The van der Waals surface area contributed by atoms with Gasteiger partial charge in [0.15, 0.2) is 5.76 Å². The summed E-state index contributed by atoms with van der Waals surface area (Å²) < 4.78 is 5.60. The van der Waals surface area contributed by atoms with Crippen molar-refractivity contribution in [1.29, 1.82) is 0 Å². The highest BCUT2D eigenvalue weighted by molar-refractivity contribution is 6.08. The number of benzene rings is 1. The van der Waals surface area contributed by atoms with E-state index < -0.39 is 0 Å². The van der Waals surface area contributed by atoms with Crippen LogP contribution in [0.25, 0.3) is 17.0 Å². The number of aromatic amines is 1. The molecular formula is C15H12N2O2. The standard InChI is InChI=1S/C15H12N2O2/c1-10-11-4-2-3-5-13(11)19-15(10)12(18)6-7-14-16-8-9-17-14/h2-9H,1H3,(H,16,17)/b7-6+. The third kappa shape index (κ3) is 2.08. The van der Waals surface area contributed by atoms with Crippen LogP contribution < -0.4 is 0 Å². The van der Waals surface area contributed by atoms with E-state index in [4.69, 9.17) is 4.42 Å². The number of rotatable bonds is 3. The van der Waals surface area contributed by atoms with Crippen LogP contribution in [0.3, 0.4) is 0 Å². The Labute approximate surface area is 109 Å². The van der Waals surface area contributed by atoms with E-state index in [-0.39, 0.29) is 5.78 Å². The van der Waals surface area contributed by atoms with Gasteiger partial charge in [0.2, 0.25) is 5.78 Å². The fourth-order valence-electron chi connectivity index (χ4n) is 2.01. The Hall–Kier alpha value is -2.62. The van der Waals surface area contributed by atoms with E-state index in [0.29, 0.717) is 11.6 Å². The van der Waals surface area contributed by atoms with Gasteiger partial charge in [-0.25, -0.2) is 4.98 Å². The molecule has 2 aromatic heterocycles. The molecule has 0 bridgehead atoms. The zero-order valence-electron chi connectivity index (χ0n) is 10.4. The summed E-state index contributed by atoms with van der Waals surface area (Å²) >= 11 is 0. The number of carbonyl (C=O) groups is 1. The van der Waals surface area contributed by atoms with Gasteiger partial charge in [-0.1, -0.05) is 18.2 Å². The first-order chi connectivity index (χ1) is 9.25. The quantitative estimate of drug-likeness (QED) is 0.574. The van der Waals surface area contributed by atoms with Crippen LogP contribution in [0, 0.1) is 6.92 Å². The lowest BCUT2D eigenvalue weighted by atomic mass is 10.1. The molecule has 0 amide bonds. The first-order valence-electron chi connectivity index (χ1n) is 5.95. The number of aryl methyl sites for hydroxylation is 1. The van der Waals surface area contributed by atoms with Crippen LogP contribution in [0.2, 0.25) is 0 Å². The maximum atomic E-state index is 12.1. The molecule has 1 N–H and O–H groups in total. The number of allylic oxidation sites excluding steroid dienone is 1. The van der Waals surface area contributed by atoms with Gasteiger partial charge in [0.25, 0.3) is 0 Å². The predicted molar refractivity (Wildman–Crippen MR) is 72.9 cm³/mol. The van der Waals surface area contributed by atoms with Crippen LogP contribution in [0.5, 0.6) is 0 Å². The van der Waals surface area contributed by atoms with Crippen LogP contribution >= 0.6 is 0 Å². The molecular weight excluding hydrogens is 240 g/mol. The molecule has 0 saturated carbocycles. The van der Waals surface area contributed by atoms with Gasteiger partial charge in [-0.05, 0) is 25.1 Å². The average molecular weight is 252 g/mol. The Morgan fingerprint density at radius 2 is 2.21 bits per heavy atom. The summed E-state index contributed by atoms with van der Waals surface area (Å²) in [5.74, 6) is 0.858. The monoisotopic (exact) mass is 252 g/mol. The minimum Gasteiger partial charge on any atom is -0.452 e. The Bertz CT molecular complexity index is 752. The van der Waals surface area contributed by atoms with Gasteiger partial charge in [-0.15, -0.1) is 0 Å². The van der Waals surface area contributed by atoms with Gasteiger partial charge in [0.1, 0.15) is 11.4 Å². The summed E-state index contributed by atoms with van der Waals surface area (Å²) in [6.07, 6.45) is 6.44. The number of imidazole rings is 1. The highest BCUT2D eigenvalue weighted by Gasteiger charge is 2.14. The second-order valence-corrected chi connectivity index (χ2v) is 4.22. The first kappa shape index (κ1) is 11.5. The molecule has 0 saturated heterocycles. The van der Waals surface area contributed by atoms with Crippen LogP contribution in [0.4, 0.5) is 0 Å². The minimum atomic E-state index is -0.162. The Kier molecular flexibility index (Phi) is 2.76. The van der Waals surface area contributed by atoms with Crippen LogP contribution in [0.15, 0.2) is 47.2 Å². The molecule has 0 unspecified atom stereocenters. The maximum Gasteiger partial charge on any atom is 0.221 e. The van der Waals surface area contributed by atoms with Gasteiger partial charge in [-0.3, -0.25) is 4.79 Å². The average Bonchev–Trinajstić information content (AvgIpc) is 3.05. The molecule has 2 heterocycles. The zero-order valence-corrected chi connectivity index (χ0v) is 10.4. The number of ketones is 1. The smallest absolute Gasteiger partial charge is 0.221 e. The van der Waals surface area contributed by atoms with Crippen molar-refractivity contribution in [2.24, 2.45) is 0 Å². The number of para-hydroxylation sites is 1. The summed E-state index contributed by atoms with van der Waals surface area (Å²) in [5, 5.41) is 0.970. The number of carbonyl (C=O) groups excluding carboxylic acids is 1. The van der Waals surface area contributed by atoms with Crippen molar-refractivity contribution in [3.05, 3.63) is 59.9 Å². The van der Waals surface area contributed by atoms with E-state index in [1.807, 2.05) is 31.2 Å². The zero-order chi connectivity index (χ0) is 13.2. The van der Waals surface area contributed by atoms with E-state index in [0.717, 1.165) is 16.5 Å². The van der Waals surface area contributed by atoms with Crippen LogP contribution in [0.1, 0.15) is 21.9 Å². The van der Waals surface area contributed by atoms with Crippen LogP contribution in [-0.2, 0) is 0 Å². The molecule has 0 aliphatic heterocycles. The van der Waals surface area contributed by atoms with Crippen LogP contribution in [-0.4, -0.2) is 15.8 Å². The normalized spacial score (nSPS) is 11.4. The number of nitrogens with one attached hydrogen (secondary N) is 1. The molecule has 0 radical (unpaired) electrons. The Morgan fingerprint density at radius 3 is 2.95 bits per heavy atom. The summed E-state index contributed by atoms with van der Waals surface area (Å²) in [4.78, 5) is 19.0. The van der Waals surface area contributed by atoms with E-state index in [1.165, 1.54) is 6.08 Å². The first-order valence-corrected chi connectivity index (χ1v) is 5.95. The van der Waals surface area contributed by atoms with Crippen molar-refractivity contribution in [2.45, 2.75) is 6.92 Å². The van der Waals surface area contributed by atoms with E-state index in [1.54, 1.807) is 18.5 Å². The van der Waals surface area contributed by atoms with Crippen molar-refractivity contribution >= 4 is 22.8 Å². The number of fused-ring (bicyclic) bond motifs is 1. The SMILES string of the molecule is Cc1c(C(=O)/C=C/c2ncc[nH]2)oc2ccccc12. The molecule has 0 fully saturated rings. The van der Waals surface area contributed by atoms with E-state index in [2.05, 4.69) is 9.97 Å². The molecule has 94 valence electrons. The minimum absolute atomic E-state index is 0.162. The lowest BCUT2D eigenvalue weighted by molar-refractivity contribution is 0.102. The molecule has 4 nitrogen and oxygen atoms in total. The number of aromatic nitrogens is 2. The molecule has 0 spiro atoms. The highest BCUT2D eigenvalue weighted by Crippen LogP contribution is 2.25. The van der Waals surface area contributed by atoms with E-state index in [9.17, 15) is 4.79 Å². The number of hydrogen-bond acceptors (Lipinski definition) is 3. The summed E-state index contributed by atoms with van der Waals surface area (Å²) in [6.45, 7) is 1.89. The van der Waals surface area contributed by atoms with Crippen molar-refractivity contribution in [3.8, 4) is 0 Å². The summed E-state index contributed by atoms with van der Waals surface area (Å²) in [6, 6.07) is 7.62. The third-order valence-corrected chi connectivity index (χ3v) is 2.98. The van der Waals surface area contributed by atoms with E-state index >= 15 is 0 Å². The maximum absolute atomic E-state index is 12.1. The molecule has 0 aliphatic rings. The van der Waals surface area contributed by atoms with Crippen molar-refractivity contribution in [3.63, 3.8) is 0 Å². The van der Waals surface area contributed by atoms with Gasteiger partial charge < -0.3 is 9.40 Å². The molecule has 4 heteroatoms. The lowest BCUT2D eigenvalue weighted by Crippen LogP contribution is -1.94. The Morgan fingerprint density at radius 1 is 1.37 bits per heavy atom. The van der Waals surface area contributed by atoms with Crippen molar-refractivity contribution < 1.29 is 9.21 Å². The van der Waals surface area contributed by atoms with Gasteiger partial charge in [-0.2, -0.15) is 0 Å². The van der Waals surface area contributed by atoms with Gasteiger partial charge in [0.05, 0.1) is 0 Å². The number of furan rings is 1. The lowest BCUT2D eigenvalue weighted by Gasteiger charge is -1.91.